The van der Waals surface area contributed by atoms with Gasteiger partial charge in [-0.3, -0.25) is 0 Å². The Kier molecular flexibility index (Phi) is 5.11. The summed E-state index contributed by atoms with van der Waals surface area (Å²) in [6, 6.07) is 10.9. The van der Waals surface area contributed by atoms with Gasteiger partial charge in [0.1, 0.15) is 18.1 Å². The normalized spacial score (nSPS) is 10.0. The minimum atomic E-state index is -0.473. The predicted molar refractivity (Wildman–Crippen MR) is 79.9 cm³/mol. The lowest BCUT2D eigenvalue weighted by Gasteiger charge is -2.10. The molecule has 3 N–H and O–H groups in total. The highest BCUT2D eigenvalue weighted by Gasteiger charge is 2.07. The standard InChI is InChI=1S/C15H17N3O3/c1-20-15(19)14-10-12(5-7-17-14)18-11-3-2-4-13(9-11)21-8-6-16/h2-5,7,9-10H,6,8,16H2,1H3,(H,17,18). The number of esters is 1. The molecule has 0 spiro atoms. The molecule has 0 aliphatic rings. The third-order valence-electron chi connectivity index (χ3n) is 2.66. The molecule has 6 heteroatoms. The van der Waals surface area contributed by atoms with Crippen molar-refractivity contribution in [2.45, 2.75) is 0 Å². The Hall–Kier alpha value is -2.60. The Morgan fingerprint density at radius 2 is 2.10 bits per heavy atom. The van der Waals surface area contributed by atoms with Crippen molar-refractivity contribution in [3.05, 3.63) is 48.3 Å². The average molecular weight is 287 g/mol. The molecule has 0 aliphatic carbocycles. The second-order valence-electron chi connectivity index (χ2n) is 4.21. The average Bonchev–Trinajstić information content (AvgIpc) is 2.53. The molecule has 1 heterocycles. The fraction of sp³-hybridized carbons (Fsp3) is 0.200. The number of hydrogen-bond donors (Lipinski definition) is 2. The summed E-state index contributed by atoms with van der Waals surface area (Å²) in [6.07, 6.45) is 1.54. The van der Waals surface area contributed by atoms with Crippen molar-refractivity contribution in [1.29, 1.82) is 0 Å². The number of carbonyl (C=O) groups excluding carboxylic acids is 1. The number of anilines is 2. The summed E-state index contributed by atoms with van der Waals surface area (Å²) in [5, 5.41) is 3.18. The fourth-order valence-corrected chi connectivity index (χ4v) is 1.73. The monoisotopic (exact) mass is 287 g/mol. The molecule has 0 amide bonds. The Bertz CT molecular complexity index is 617. The van der Waals surface area contributed by atoms with Crippen molar-refractivity contribution < 1.29 is 14.3 Å². The predicted octanol–water partition coefficient (Wildman–Crippen LogP) is 1.95. The van der Waals surface area contributed by atoms with Gasteiger partial charge < -0.3 is 20.5 Å². The van der Waals surface area contributed by atoms with Gasteiger partial charge in [0.15, 0.2) is 0 Å². The first-order chi connectivity index (χ1) is 10.2. The van der Waals surface area contributed by atoms with Crippen LogP contribution in [0.15, 0.2) is 42.6 Å². The molecule has 0 radical (unpaired) electrons. The zero-order valence-corrected chi connectivity index (χ0v) is 11.7. The van der Waals surface area contributed by atoms with Crippen molar-refractivity contribution >= 4 is 17.3 Å². The number of rotatable bonds is 6. The number of nitrogens with zero attached hydrogens (tertiary/aromatic N) is 1. The van der Waals surface area contributed by atoms with Gasteiger partial charge in [0.05, 0.1) is 7.11 Å². The number of methoxy groups -OCH3 is 1. The van der Waals surface area contributed by atoms with Crippen LogP contribution in [0, 0.1) is 0 Å². The molecular weight excluding hydrogens is 270 g/mol. The SMILES string of the molecule is COC(=O)c1cc(Nc2cccc(OCCN)c2)ccn1. The molecule has 2 rings (SSSR count). The molecule has 0 atom stereocenters. The van der Waals surface area contributed by atoms with E-state index >= 15 is 0 Å². The molecule has 0 aliphatic heterocycles. The molecule has 6 nitrogen and oxygen atoms in total. The van der Waals surface area contributed by atoms with E-state index in [4.69, 9.17) is 10.5 Å². The third kappa shape index (κ3) is 4.19. The summed E-state index contributed by atoms with van der Waals surface area (Å²) in [6.45, 7) is 0.926. The maximum absolute atomic E-state index is 11.4. The zero-order chi connectivity index (χ0) is 15.1. The first kappa shape index (κ1) is 14.8. The number of hydrogen-bond acceptors (Lipinski definition) is 6. The Labute approximate surface area is 122 Å². The fourth-order valence-electron chi connectivity index (χ4n) is 1.73. The van der Waals surface area contributed by atoms with Gasteiger partial charge in [-0.25, -0.2) is 9.78 Å². The van der Waals surface area contributed by atoms with Crippen LogP contribution in [-0.2, 0) is 4.74 Å². The molecule has 0 saturated carbocycles. The number of aromatic nitrogens is 1. The first-order valence-electron chi connectivity index (χ1n) is 6.47. The first-order valence-corrected chi connectivity index (χ1v) is 6.47. The van der Waals surface area contributed by atoms with E-state index < -0.39 is 5.97 Å². The summed E-state index contributed by atoms with van der Waals surface area (Å²) in [5.74, 6) is 0.256. The summed E-state index contributed by atoms with van der Waals surface area (Å²) in [4.78, 5) is 15.4. The highest BCUT2D eigenvalue weighted by molar-refractivity contribution is 5.88. The van der Waals surface area contributed by atoms with Gasteiger partial charge in [-0.2, -0.15) is 0 Å². The van der Waals surface area contributed by atoms with Gasteiger partial charge >= 0.3 is 5.97 Å². The lowest BCUT2D eigenvalue weighted by Crippen LogP contribution is -2.10. The van der Waals surface area contributed by atoms with Gasteiger partial charge in [-0.1, -0.05) is 6.07 Å². The van der Waals surface area contributed by atoms with Crippen LogP contribution in [0.3, 0.4) is 0 Å². The summed E-state index contributed by atoms with van der Waals surface area (Å²) < 4.78 is 10.1. The second kappa shape index (κ2) is 7.25. The Balaban J connectivity index is 2.12. The molecule has 0 fully saturated rings. The van der Waals surface area contributed by atoms with Crippen molar-refractivity contribution in [2.24, 2.45) is 5.73 Å². The van der Waals surface area contributed by atoms with Crippen molar-refractivity contribution in [3.8, 4) is 5.75 Å². The molecular formula is C15H17N3O3. The summed E-state index contributed by atoms with van der Waals surface area (Å²) in [5.41, 5.74) is 7.23. The van der Waals surface area contributed by atoms with Crippen LogP contribution >= 0.6 is 0 Å². The lowest BCUT2D eigenvalue weighted by atomic mass is 10.2. The van der Waals surface area contributed by atoms with Crippen molar-refractivity contribution in [2.75, 3.05) is 25.6 Å². The van der Waals surface area contributed by atoms with Crippen molar-refractivity contribution in [1.82, 2.24) is 4.98 Å². The maximum Gasteiger partial charge on any atom is 0.356 e. The number of pyridine rings is 1. The van der Waals surface area contributed by atoms with Gasteiger partial charge in [-0.05, 0) is 24.3 Å². The zero-order valence-electron chi connectivity index (χ0n) is 11.7. The van der Waals surface area contributed by atoms with Crippen LogP contribution < -0.4 is 15.8 Å². The van der Waals surface area contributed by atoms with E-state index in [2.05, 4.69) is 15.0 Å². The third-order valence-corrected chi connectivity index (χ3v) is 2.66. The van der Waals surface area contributed by atoms with Crippen LogP contribution in [-0.4, -0.2) is 31.2 Å². The quantitative estimate of drug-likeness (QED) is 0.790. The van der Waals surface area contributed by atoms with Crippen LogP contribution in [0.5, 0.6) is 5.75 Å². The van der Waals surface area contributed by atoms with E-state index in [9.17, 15) is 4.79 Å². The number of nitrogens with two attached hydrogens (primary N) is 1. The van der Waals surface area contributed by atoms with E-state index in [1.54, 1.807) is 18.3 Å². The van der Waals surface area contributed by atoms with Gasteiger partial charge in [-0.15, -0.1) is 0 Å². The highest BCUT2D eigenvalue weighted by atomic mass is 16.5. The smallest absolute Gasteiger partial charge is 0.356 e. The number of carbonyl (C=O) groups is 1. The second-order valence-corrected chi connectivity index (χ2v) is 4.21. The lowest BCUT2D eigenvalue weighted by molar-refractivity contribution is 0.0594. The molecule has 21 heavy (non-hydrogen) atoms. The molecule has 2 aromatic rings. The largest absolute Gasteiger partial charge is 0.492 e. The van der Waals surface area contributed by atoms with E-state index in [1.165, 1.54) is 7.11 Å². The molecule has 0 saturated heterocycles. The van der Waals surface area contributed by atoms with Gasteiger partial charge in [0.25, 0.3) is 0 Å². The number of nitrogens with one attached hydrogen (secondary N) is 1. The van der Waals surface area contributed by atoms with Crippen LogP contribution in [0.25, 0.3) is 0 Å². The molecule has 1 aromatic carbocycles. The molecule has 1 aromatic heterocycles. The van der Waals surface area contributed by atoms with E-state index in [1.807, 2.05) is 24.3 Å². The highest BCUT2D eigenvalue weighted by Crippen LogP contribution is 2.21. The van der Waals surface area contributed by atoms with Crippen LogP contribution in [0.2, 0.25) is 0 Å². The Morgan fingerprint density at radius 3 is 2.86 bits per heavy atom. The Morgan fingerprint density at radius 1 is 1.29 bits per heavy atom. The topological polar surface area (TPSA) is 86.5 Å². The number of ether oxygens (including phenoxy) is 2. The summed E-state index contributed by atoms with van der Waals surface area (Å²) in [7, 11) is 1.32. The van der Waals surface area contributed by atoms with E-state index in [-0.39, 0.29) is 5.69 Å². The minimum absolute atomic E-state index is 0.248. The van der Waals surface area contributed by atoms with Gasteiger partial charge in [0.2, 0.25) is 0 Å². The van der Waals surface area contributed by atoms with Crippen molar-refractivity contribution in [3.63, 3.8) is 0 Å². The molecule has 110 valence electrons. The van der Waals surface area contributed by atoms with Crippen LogP contribution in [0.1, 0.15) is 10.5 Å². The number of benzene rings is 1. The van der Waals surface area contributed by atoms with E-state index in [0.29, 0.717) is 13.2 Å². The van der Waals surface area contributed by atoms with E-state index in [0.717, 1.165) is 17.1 Å². The maximum atomic E-state index is 11.4. The minimum Gasteiger partial charge on any atom is -0.492 e. The molecule has 0 unspecified atom stereocenters. The molecule has 0 bridgehead atoms. The van der Waals surface area contributed by atoms with Crippen LogP contribution in [0.4, 0.5) is 11.4 Å². The summed E-state index contributed by atoms with van der Waals surface area (Å²) >= 11 is 0. The van der Waals surface area contributed by atoms with Gasteiger partial charge in [0, 0.05) is 30.2 Å².